The first kappa shape index (κ1) is 11.7. The number of ether oxygens (including phenoxy) is 1. The van der Waals surface area contributed by atoms with Crippen molar-refractivity contribution in [1.82, 2.24) is 9.78 Å². The Balaban J connectivity index is 2.18. The molecule has 1 heterocycles. The van der Waals surface area contributed by atoms with Gasteiger partial charge in [-0.15, -0.1) is 0 Å². The number of hydrogen-bond donors (Lipinski definition) is 1. The number of aromatic nitrogens is 2. The molecule has 17 heavy (non-hydrogen) atoms. The van der Waals surface area contributed by atoms with Gasteiger partial charge in [-0.05, 0) is 24.1 Å². The molecule has 4 nitrogen and oxygen atoms in total. The fraction of sp³-hybridized carbons (Fsp3) is 0.308. The molecular formula is C13H17N3O. The summed E-state index contributed by atoms with van der Waals surface area (Å²) < 4.78 is 7.30. The Morgan fingerprint density at radius 1 is 1.41 bits per heavy atom. The van der Waals surface area contributed by atoms with Crippen molar-refractivity contribution >= 4 is 0 Å². The predicted octanol–water partition coefficient (Wildman–Crippen LogP) is 2.12. The number of benzene rings is 1. The molecular weight excluding hydrogens is 214 g/mol. The van der Waals surface area contributed by atoms with Gasteiger partial charge in [-0.1, -0.05) is 19.1 Å². The van der Waals surface area contributed by atoms with E-state index in [0.29, 0.717) is 13.2 Å². The molecule has 0 aliphatic carbocycles. The van der Waals surface area contributed by atoms with Crippen LogP contribution in [0, 0.1) is 0 Å². The average molecular weight is 231 g/mol. The number of hydrogen-bond acceptors (Lipinski definition) is 3. The second kappa shape index (κ2) is 5.50. The standard InChI is InChI=1S/C13H17N3O/c1-2-6-17-13-9-15-16(10-13)12-5-3-4-11(7-12)8-14/h3-5,7,9-10H,2,6,8,14H2,1H3. The minimum Gasteiger partial charge on any atom is -0.490 e. The lowest BCUT2D eigenvalue weighted by atomic mass is 10.2. The van der Waals surface area contributed by atoms with Crippen LogP contribution in [0.2, 0.25) is 0 Å². The van der Waals surface area contributed by atoms with Gasteiger partial charge in [0.05, 0.1) is 24.7 Å². The molecule has 0 amide bonds. The molecule has 0 bridgehead atoms. The summed E-state index contributed by atoms with van der Waals surface area (Å²) >= 11 is 0. The lowest BCUT2D eigenvalue weighted by Gasteiger charge is -2.03. The highest BCUT2D eigenvalue weighted by atomic mass is 16.5. The van der Waals surface area contributed by atoms with E-state index in [-0.39, 0.29) is 0 Å². The van der Waals surface area contributed by atoms with Crippen molar-refractivity contribution in [2.75, 3.05) is 6.61 Å². The van der Waals surface area contributed by atoms with E-state index in [1.807, 2.05) is 30.5 Å². The van der Waals surface area contributed by atoms with Gasteiger partial charge in [0.1, 0.15) is 0 Å². The van der Waals surface area contributed by atoms with E-state index in [1.54, 1.807) is 10.9 Å². The monoisotopic (exact) mass is 231 g/mol. The zero-order valence-corrected chi connectivity index (χ0v) is 9.97. The summed E-state index contributed by atoms with van der Waals surface area (Å²) in [6.07, 6.45) is 4.60. The summed E-state index contributed by atoms with van der Waals surface area (Å²) in [6.45, 7) is 3.33. The van der Waals surface area contributed by atoms with Gasteiger partial charge >= 0.3 is 0 Å². The Bertz CT molecular complexity index is 479. The van der Waals surface area contributed by atoms with Crippen LogP contribution < -0.4 is 10.5 Å². The number of nitrogens with two attached hydrogens (primary N) is 1. The zero-order chi connectivity index (χ0) is 12.1. The Morgan fingerprint density at radius 3 is 3.06 bits per heavy atom. The normalized spacial score (nSPS) is 10.5. The largest absolute Gasteiger partial charge is 0.490 e. The molecule has 0 saturated carbocycles. The SMILES string of the molecule is CCCOc1cnn(-c2cccc(CN)c2)c1. The Kier molecular flexibility index (Phi) is 3.77. The highest BCUT2D eigenvalue weighted by molar-refractivity contribution is 5.36. The van der Waals surface area contributed by atoms with Gasteiger partial charge in [0.2, 0.25) is 0 Å². The Morgan fingerprint density at radius 2 is 2.29 bits per heavy atom. The second-order valence-electron chi connectivity index (χ2n) is 3.84. The molecule has 0 aliphatic rings. The van der Waals surface area contributed by atoms with E-state index in [1.165, 1.54) is 0 Å². The summed E-state index contributed by atoms with van der Waals surface area (Å²) in [5.74, 6) is 0.796. The Hall–Kier alpha value is -1.81. The molecule has 2 rings (SSSR count). The van der Waals surface area contributed by atoms with Crippen molar-refractivity contribution in [3.8, 4) is 11.4 Å². The maximum absolute atomic E-state index is 5.61. The number of nitrogens with zero attached hydrogens (tertiary/aromatic N) is 2. The highest BCUT2D eigenvalue weighted by Gasteiger charge is 2.02. The molecule has 90 valence electrons. The average Bonchev–Trinajstić information content (AvgIpc) is 2.85. The van der Waals surface area contributed by atoms with E-state index in [4.69, 9.17) is 10.5 Å². The molecule has 1 aromatic heterocycles. The van der Waals surface area contributed by atoms with Crippen molar-refractivity contribution < 1.29 is 4.74 Å². The van der Waals surface area contributed by atoms with Crippen LogP contribution >= 0.6 is 0 Å². The van der Waals surface area contributed by atoms with Crippen LogP contribution in [0.5, 0.6) is 5.75 Å². The van der Waals surface area contributed by atoms with Crippen molar-refractivity contribution in [3.05, 3.63) is 42.2 Å². The summed E-state index contributed by atoms with van der Waals surface area (Å²) in [7, 11) is 0. The molecule has 0 saturated heterocycles. The van der Waals surface area contributed by atoms with E-state index < -0.39 is 0 Å². The summed E-state index contributed by atoms with van der Waals surface area (Å²) in [5, 5.41) is 4.27. The third-order valence-corrected chi connectivity index (χ3v) is 2.44. The first-order valence-electron chi connectivity index (χ1n) is 5.80. The van der Waals surface area contributed by atoms with Crippen LogP contribution in [0.4, 0.5) is 0 Å². The topological polar surface area (TPSA) is 53.1 Å². The lowest BCUT2D eigenvalue weighted by Crippen LogP contribution is -1.99. The molecule has 0 fully saturated rings. The molecule has 0 spiro atoms. The minimum absolute atomic E-state index is 0.536. The summed E-state index contributed by atoms with van der Waals surface area (Å²) in [6, 6.07) is 8.00. The van der Waals surface area contributed by atoms with Gasteiger partial charge in [-0.25, -0.2) is 4.68 Å². The zero-order valence-electron chi connectivity index (χ0n) is 9.97. The molecule has 0 aliphatic heterocycles. The third-order valence-electron chi connectivity index (χ3n) is 2.44. The van der Waals surface area contributed by atoms with Crippen LogP contribution in [-0.4, -0.2) is 16.4 Å². The van der Waals surface area contributed by atoms with Gasteiger partial charge in [-0.3, -0.25) is 0 Å². The molecule has 2 N–H and O–H groups in total. The van der Waals surface area contributed by atoms with Crippen LogP contribution in [0.15, 0.2) is 36.7 Å². The second-order valence-corrected chi connectivity index (χ2v) is 3.84. The molecule has 0 atom stereocenters. The smallest absolute Gasteiger partial charge is 0.157 e. The first-order valence-corrected chi connectivity index (χ1v) is 5.80. The third kappa shape index (κ3) is 2.85. The van der Waals surface area contributed by atoms with Crippen LogP contribution in [0.1, 0.15) is 18.9 Å². The van der Waals surface area contributed by atoms with Crippen molar-refractivity contribution in [2.24, 2.45) is 5.73 Å². The van der Waals surface area contributed by atoms with E-state index >= 15 is 0 Å². The highest BCUT2D eigenvalue weighted by Crippen LogP contribution is 2.14. The number of rotatable bonds is 5. The predicted molar refractivity (Wildman–Crippen MR) is 67.2 cm³/mol. The summed E-state index contributed by atoms with van der Waals surface area (Å²) in [4.78, 5) is 0. The van der Waals surface area contributed by atoms with E-state index in [9.17, 15) is 0 Å². The molecule has 0 radical (unpaired) electrons. The molecule has 2 aromatic rings. The lowest BCUT2D eigenvalue weighted by molar-refractivity contribution is 0.317. The molecule has 0 unspecified atom stereocenters. The van der Waals surface area contributed by atoms with Crippen molar-refractivity contribution in [3.63, 3.8) is 0 Å². The van der Waals surface area contributed by atoms with Gasteiger partial charge in [0.25, 0.3) is 0 Å². The quantitative estimate of drug-likeness (QED) is 0.857. The maximum atomic E-state index is 5.61. The van der Waals surface area contributed by atoms with Gasteiger partial charge in [0, 0.05) is 6.54 Å². The maximum Gasteiger partial charge on any atom is 0.157 e. The minimum atomic E-state index is 0.536. The van der Waals surface area contributed by atoms with Gasteiger partial charge in [-0.2, -0.15) is 5.10 Å². The fourth-order valence-corrected chi connectivity index (χ4v) is 1.57. The van der Waals surface area contributed by atoms with Crippen molar-refractivity contribution in [2.45, 2.75) is 19.9 Å². The van der Waals surface area contributed by atoms with Crippen LogP contribution in [0.3, 0.4) is 0 Å². The van der Waals surface area contributed by atoms with Gasteiger partial charge in [0.15, 0.2) is 5.75 Å². The van der Waals surface area contributed by atoms with E-state index in [2.05, 4.69) is 12.0 Å². The Labute approximate surface area is 101 Å². The molecule has 4 heteroatoms. The first-order chi connectivity index (χ1) is 8.33. The summed E-state index contributed by atoms with van der Waals surface area (Å²) in [5.41, 5.74) is 7.70. The molecule has 1 aromatic carbocycles. The van der Waals surface area contributed by atoms with Crippen LogP contribution in [0.25, 0.3) is 5.69 Å². The fourth-order valence-electron chi connectivity index (χ4n) is 1.57. The van der Waals surface area contributed by atoms with E-state index in [0.717, 1.165) is 23.4 Å². The van der Waals surface area contributed by atoms with Gasteiger partial charge < -0.3 is 10.5 Å². The van der Waals surface area contributed by atoms with Crippen LogP contribution in [-0.2, 0) is 6.54 Å². The van der Waals surface area contributed by atoms with Crippen molar-refractivity contribution in [1.29, 1.82) is 0 Å².